The molecule has 1 atom stereocenters. The van der Waals surface area contributed by atoms with Gasteiger partial charge in [0.2, 0.25) is 0 Å². The summed E-state index contributed by atoms with van der Waals surface area (Å²) in [6.07, 6.45) is 2.65. The van der Waals surface area contributed by atoms with E-state index in [9.17, 15) is 4.79 Å². The second-order valence-electron chi connectivity index (χ2n) is 5.14. The van der Waals surface area contributed by atoms with Crippen LogP contribution in [0.4, 0.5) is 4.79 Å². The van der Waals surface area contributed by atoms with Crippen molar-refractivity contribution in [1.29, 1.82) is 0 Å². The minimum Gasteiger partial charge on any atom is -0.334 e. The number of nitrogens with two attached hydrogens (primary N) is 1. The van der Waals surface area contributed by atoms with Crippen molar-refractivity contribution in [2.24, 2.45) is 5.73 Å². The molecule has 1 aliphatic rings. The Morgan fingerprint density at radius 3 is 3.10 bits per heavy atom. The molecule has 1 aromatic carbocycles. The van der Waals surface area contributed by atoms with Crippen molar-refractivity contribution >= 4 is 16.9 Å². The SMILES string of the molecule is N[C@H]1CCN(C(=O)NCc2cccc3ncccc23)C1. The van der Waals surface area contributed by atoms with Gasteiger partial charge in [0, 0.05) is 37.3 Å². The van der Waals surface area contributed by atoms with Gasteiger partial charge in [-0.2, -0.15) is 0 Å². The molecule has 5 heteroatoms. The number of carbonyl (C=O) groups excluding carboxylic acids is 1. The van der Waals surface area contributed by atoms with E-state index in [1.807, 2.05) is 30.3 Å². The summed E-state index contributed by atoms with van der Waals surface area (Å²) in [6, 6.07) is 9.95. The maximum Gasteiger partial charge on any atom is 0.317 e. The molecule has 2 amide bonds. The Balaban J connectivity index is 1.69. The van der Waals surface area contributed by atoms with Gasteiger partial charge < -0.3 is 16.0 Å². The number of benzene rings is 1. The molecule has 2 aromatic rings. The van der Waals surface area contributed by atoms with Crippen molar-refractivity contribution in [1.82, 2.24) is 15.2 Å². The molecule has 104 valence electrons. The van der Waals surface area contributed by atoms with Gasteiger partial charge in [0.05, 0.1) is 5.52 Å². The number of urea groups is 1. The number of likely N-dealkylation sites (tertiary alicyclic amines) is 1. The fourth-order valence-electron chi connectivity index (χ4n) is 2.58. The number of aromatic nitrogens is 1. The van der Waals surface area contributed by atoms with Gasteiger partial charge in [-0.1, -0.05) is 18.2 Å². The summed E-state index contributed by atoms with van der Waals surface area (Å²) in [5.74, 6) is 0. The highest BCUT2D eigenvalue weighted by molar-refractivity contribution is 5.82. The first kappa shape index (κ1) is 12.9. The van der Waals surface area contributed by atoms with E-state index < -0.39 is 0 Å². The molecule has 1 aromatic heterocycles. The van der Waals surface area contributed by atoms with Gasteiger partial charge in [-0.15, -0.1) is 0 Å². The first-order valence-corrected chi connectivity index (χ1v) is 6.85. The van der Waals surface area contributed by atoms with Gasteiger partial charge in [0.1, 0.15) is 0 Å². The quantitative estimate of drug-likeness (QED) is 0.868. The molecule has 1 saturated heterocycles. The van der Waals surface area contributed by atoms with E-state index in [2.05, 4.69) is 10.3 Å². The molecule has 20 heavy (non-hydrogen) atoms. The van der Waals surface area contributed by atoms with Crippen molar-refractivity contribution in [2.75, 3.05) is 13.1 Å². The van der Waals surface area contributed by atoms with Crippen LogP contribution in [0.3, 0.4) is 0 Å². The highest BCUT2D eigenvalue weighted by Crippen LogP contribution is 2.16. The van der Waals surface area contributed by atoms with E-state index >= 15 is 0 Å². The normalized spacial score (nSPS) is 18.4. The summed E-state index contributed by atoms with van der Waals surface area (Å²) < 4.78 is 0. The average Bonchev–Trinajstić information content (AvgIpc) is 2.91. The molecule has 0 spiro atoms. The van der Waals surface area contributed by atoms with Crippen LogP contribution < -0.4 is 11.1 Å². The summed E-state index contributed by atoms with van der Waals surface area (Å²) in [5, 5.41) is 4.03. The molecule has 0 aliphatic carbocycles. The number of pyridine rings is 1. The number of amides is 2. The number of rotatable bonds is 2. The van der Waals surface area contributed by atoms with Gasteiger partial charge >= 0.3 is 6.03 Å². The van der Waals surface area contributed by atoms with Crippen LogP contribution in [0.1, 0.15) is 12.0 Å². The van der Waals surface area contributed by atoms with Crippen LogP contribution in [0.5, 0.6) is 0 Å². The van der Waals surface area contributed by atoms with Gasteiger partial charge in [0.25, 0.3) is 0 Å². The molecule has 5 nitrogen and oxygen atoms in total. The zero-order valence-electron chi connectivity index (χ0n) is 11.2. The Morgan fingerprint density at radius 1 is 1.40 bits per heavy atom. The molecule has 0 radical (unpaired) electrons. The summed E-state index contributed by atoms with van der Waals surface area (Å²) in [5.41, 5.74) is 7.84. The Morgan fingerprint density at radius 2 is 2.30 bits per heavy atom. The van der Waals surface area contributed by atoms with Crippen LogP contribution in [0.15, 0.2) is 36.5 Å². The minimum absolute atomic E-state index is 0.0427. The monoisotopic (exact) mass is 270 g/mol. The van der Waals surface area contributed by atoms with E-state index in [0.717, 1.165) is 29.4 Å². The van der Waals surface area contributed by atoms with Crippen LogP contribution in [0.2, 0.25) is 0 Å². The van der Waals surface area contributed by atoms with E-state index in [1.165, 1.54) is 0 Å². The second kappa shape index (κ2) is 5.46. The zero-order valence-corrected chi connectivity index (χ0v) is 11.2. The number of nitrogens with one attached hydrogen (secondary N) is 1. The molecule has 0 saturated carbocycles. The lowest BCUT2D eigenvalue weighted by Gasteiger charge is -2.17. The maximum atomic E-state index is 12.0. The van der Waals surface area contributed by atoms with Crippen molar-refractivity contribution in [3.05, 3.63) is 42.1 Å². The number of hydrogen-bond donors (Lipinski definition) is 2. The first-order chi connectivity index (χ1) is 9.74. The lowest BCUT2D eigenvalue weighted by atomic mass is 10.1. The summed E-state index contributed by atoms with van der Waals surface area (Å²) >= 11 is 0. The lowest BCUT2D eigenvalue weighted by molar-refractivity contribution is 0.208. The van der Waals surface area contributed by atoms with Crippen LogP contribution in [0.25, 0.3) is 10.9 Å². The first-order valence-electron chi connectivity index (χ1n) is 6.85. The van der Waals surface area contributed by atoms with Crippen LogP contribution in [-0.2, 0) is 6.54 Å². The van der Waals surface area contributed by atoms with E-state index in [4.69, 9.17) is 5.73 Å². The number of hydrogen-bond acceptors (Lipinski definition) is 3. The molecular formula is C15H18N4O. The Kier molecular flexibility index (Phi) is 3.52. The lowest BCUT2D eigenvalue weighted by Crippen LogP contribution is -2.39. The number of carbonyl (C=O) groups is 1. The summed E-state index contributed by atoms with van der Waals surface area (Å²) in [6.45, 7) is 1.89. The van der Waals surface area contributed by atoms with Gasteiger partial charge in [-0.25, -0.2) is 4.79 Å². The van der Waals surface area contributed by atoms with Gasteiger partial charge in [-0.3, -0.25) is 4.98 Å². The largest absolute Gasteiger partial charge is 0.334 e. The average molecular weight is 270 g/mol. The van der Waals surface area contributed by atoms with Crippen LogP contribution >= 0.6 is 0 Å². The van der Waals surface area contributed by atoms with E-state index in [-0.39, 0.29) is 12.1 Å². The summed E-state index contributed by atoms with van der Waals surface area (Å²) in [4.78, 5) is 18.1. The van der Waals surface area contributed by atoms with Crippen molar-refractivity contribution in [3.63, 3.8) is 0 Å². The van der Waals surface area contributed by atoms with E-state index in [0.29, 0.717) is 13.1 Å². The smallest absolute Gasteiger partial charge is 0.317 e. The van der Waals surface area contributed by atoms with Gasteiger partial charge in [-0.05, 0) is 24.1 Å². The van der Waals surface area contributed by atoms with Crippen LogP contribution in [0, 0.1) is 0 Å². The highest BCUT2D eigenvalue weighted by Gasteiger charge is 2.23. The third-order valence-electron chi connectivity index (χ3n) is 3.68. The molecule has 3 N–H and O–H groups in total. The Hall–Kier alpha value is -2.14. The predicted molar refractivity (Wildman–Crippen MR) is 78.1 cm³/mol. The third-order valence-corrected chi connectivity index (χ3v) is 3.68. The standard InChI is InChI=1S/C15H18N4O/c16-12-6-8-19(10-12)15(20)18-9-11-3-1-5-14-13(11)4-2-7-17-14/h1-5,7,12H,6,8-10,16H2,(H,18,20)/t12-/m0/s1. The summed E-state index contributed by atoms with van der Waals surface area (Å²) in [7, 11) is 0. The minimum atomic E-state index is -0.0427. The highest BCUT2D eigenvalue weighted by atomic mass is 16.2. The maximum absolute atomic E-state index is 12.0. The van der Waals surface area contributed by atoms with Crippen molar-refractivity contribution in [3.8, 4) is 0 Å². The number of fused-ring (bicyclic) bond motifs is 1. The predicted octanol–water partition coefficient (Wildman–Crippen LogP) is 1.48. The topological polar surface area (TPSA) is 71.2 Å². The van der Waals surface area contributed by atoms with Crippen molar-refractivity contribution < 1.29 is 4.79 Å². The second-order valence-corrected chi connectivity index (χ2v) is 5.14. The number of nitrogens with zero attached hydrogens (tertiary/aromatic N) is 2. The fourth-order valence-corrected chi connectivity index (χ4v) is 2.58. The third kappa shape index (κ3) is 2.58. The van der Waals surface area contributed by atoms with Crippen molar-refractivity contribution in [2.45, 2.75) is 19.0 Å². The zero-order chi connectivity index (χ0) is 13.9. The molecule has 3 rings (SSSR count). The molecule has 0 unspecified atom stereocenters. The Bertz CT molecular complexity index is 623. The molecular weight excluding hydrogens is 252 g/mol. The van der Waals surface area contributed by atoms with E-state index in [1.54, 1.807) is 11.1 Å². The molecule has 2 heterocycles. The fraction of sp³-hybridized carbons (Fsp3) is 0.333. The molecule has 1 aliphatic heterocycles. The van der Waals surface area contributed by atoms with Gasteiger partial charge in [0.15, 0.2) is 0 Å². The van der Waals surface area contributed by atoms with Crippen LogP contribution in [-0.4, -0.2) is 35.0 Å². The molecule has 1 fully saturated rings. The Labute approximate surface area is 117 Å². The molecule has 0 bridgehead atoms.